The number of nitrogens with one attached hydrogen (secondary N) is 1. The standard InChI is InChI=1S/C15H17F5N2O2/c1-14(24,15(18,19)20)8-12(23)21-9-6-10(16)13(11(17)7-9)22-4-2-3-5-22/h6-7,24H,2-5,8H2,1H3,(H,21,23)/t14-/m0/s1. The van der Waals surface area contributed by atoms with Crippen LogP contribution in [0.5, 0.6) is 0 Å². The minimum atomic E-state index is -5.00. The molecule has 0 spiro atoms. The lowest BCUT2D eigenvalue weighted by atomic mass is 10.0. The summed E-state index contributed by atoms with van der Waals surface area (Å²) in [5, 5.41) is 11.2. The lowest BCUT2D eigenvalue weighted by molar-refractivity contribution is -0.252. The predicted molar refractivity (Wildman–Crippen MR) is 77.7 cm³/mol. The van der Waals surface area contributed by atoms with Gasteiger partial charge in [0.25, 0.3) is 0 Å². The maximum atomic E-state index is 14.1. The fourth-order valence-corrected chi connectivity index (χ4v) is 2.50. The Hall–Kier alpha value is -1.90. The highest BCUT2D eigenvalue weighted by Crippen LogP contribution is 2.33. The maximum Gasteiger partial charge on any atom is 0.417 e. The third-order valence-electron chi connectivity index (χ3n) is 3.84. The van der Waals surface area contributed by atoms with Crippen molar-refractivity contribution < 1.29 is 31.9 Å². The Balaban J connectivity index is 2.12. The van der Waals surface area contributed by atoms with Crippen LogP contribution in [0.4, 0.5) is 33.3 Å². The number of carbonyl (C=O) groups is 1. The van der Waals surface area contributed by atoms with Crippen molar-refractivity contribution >= 4 is 17.3 Å². The van der Waals surface area contributed by atoms with E-state index in [0.717, 1.165) is 25.0 Å². The molecule has 1 aliphatic rings. The lowest BCUT2D eigenvalue weighted by Crippen LogP contribution is -2.44. The van der Waals surface area contributed by atoms with Gasteiger partial charge < -0.3 is 15.3 Å². The molecular formula is C15H17F5N2O2. The largest absolute Gasteiger partial charge is 0.417 e. The zero-order valence-corrected chi connectivity index (χ0v) is 12.9. The molecule has 1 amide bonds. The van der Waals surface area contributed by atoms with Crippen LogP contribution in [-0.2, 0) is 4.79 Å². The molecule has 0 aliphatic carbocycles. The van der Waals surface area contributed by atoms with E-state index in [2.05, 4.69) is 0 Å². The second-order valence-corrected chi connectivity index (χ2v) is 5.98. The van der Waals surface area contributed by atoms with Crippen LogP contribution in [0.1, 0.15) is 26.2 Å². The van der Waals surface area contributed by atoms with Crippen molar-refractivity contribution in [3.8, 4) is 0 Å². The van der Waals surface area contributed by atoms with Crippen LogP contribution in [0, 0.1) is 11.6 Å². The molecule has 0 aromatic heterocycles. The molecule has 24 heavy (non-hydrogen) atoms. The first-order valence-electron chi connectivity index (χ1n) is 7.34. The lowest BCUT2D eigenvalue weighted by Gasteiger charge is -2.25. The normalized spacial score (nSPS) is 17.7. The van der Waals surface area contributed by atoms with Gasteiger partial charge >= 0.3 is 6.18 Å². The van der Waals surface area contributed by atoms with Gasteiger partial charge in [0.1, 0.15) is 5.69 Å². The van der Waals surface area contributed by atoms with E-state index in [1.54, 1.807) is 0 Å². The van der Waals surface area contributed by atoms with Gasteiger partial charge in [-0.05, 0) is 31.9 Å². The average Bonchev–Trinajstić information content (AvgIpc) is 2.89. The van der Waals surface area contributed by atoms with E-state index in [1.165, 1.54) is 4.90 Å². The van der Waals surface area contributed by atoms with Crippen molar-refractivity contribution in [1.82, 2.24) is 0 Å². The SMILES string of the molecule is C[C@](O)(CC(=O)Nc1cc(F)c(N2CCCC2)c(F)c1)C(F)(F)F. The molecule has 1 fully saturated rings. The third-order valence-corrected chi connectivity index (χ3v) is 3.84. The molecule has 4 nitrogen and oxygen atoms in total. The summed E-state index contributed by atoms with van der Waals surface area (Å²) in [4.78, 5) is 13.1. The summed E-state index contributed by atoms with van der Waals surface area (Å²) in [5.74, 6) is -3.02. The Morgan fingerprint density at radius 2 is 1.71 bits per heavy atom. The fourth-order valence-electron chi connectivity index (χ4n) is 2.50. The van der Waals surface area contributed by atoms with E-state index < -0.39 is 35.7 Å². The van der Waals surface area contributed by atoms with Crippen LogP contribution in [-0.4, -0.2) is 35.9 Å². The highest BCUT2D eigenvalue weighted by molar-refractivity contribution is 5.91. The van der Waals surface area contributed by atoms with Crippen LogP contribution >= 0.6 is 0 Å². The Labute approximate surface area is 135 Å². The molecule has 134 valence electrons. The molecular weight excluding hydrogens is 335 g/mol. The summed E-state index contributed by atoms with van der Waals surface area (Å²) in [6.45, 7) is 1.46. The number of alkyl halides is 3. The van der Waals surface area contributed by atoms with Gasteiger partial charge in [0.05, 0.1) is 6.42 Å². The number of rotatable bonds is 4. The molecule has 9 heteroatoms. The van der Waals surface area contributed by atoms with Gasteiger partial charge in [0.2, 0.25) is 5.91 Å². The third kappa shape index (κ3) is 3.95. The molecule has 2 N–H and O–H groups in total. The molecule has 1 atom stereocenters. The molecule has 0 unspecified atom stereocenters. The molecule has 2 rings (SSSR count). The van der Waals surface area contributed by atoms with Crippen molar-refractivity contribution in [3.63, 3.8) is 0 Å². The fraction of sp³-hybridized carbons (Fsp3) is 0.533. The smallest absolute Gasteiger partial charge is 0.380 e. The number of aliphatic hydroxyl groups is 1. The first kappa shape index (κ1) is 18.4. The van der Waals surface area contributed by atoms with Gasteiger partial charge in [-0.25, -0.2) is 8.78 Å². The zero-order chi connectivity index (χ0) is 18.1. The minimum absolute atomic E-state index is 0.215. The average molecular weight is 352 g/mol. The number of benzene rings is 1. The monoisotopic (exact) mass is 352 g/mol. The molecule has 1 heterocycles. The van der Waals surface area contributed by atoms with Crippen molar-refractivity contribution in [1.29, 1.82) is 0 Å². The van der Waals surface area contributed by atoms with Gasteiger partial charge in [-0.2, -0.15) is 13.2 Å². The van der Waals surface area contributed by atoms with E-state index >= 15 is 0 Å². The Morgan fingerprint density at radius 3 is 2.17 bits per heavy atom. The molecule has 1 saturated heterocycles. The molecule has 1 aliphatic heterocycles. The Kier molecular flexibility index (Phi) is 5.03. The second-order valence-electron chi connectivity index (χ2n) is 5.98. The molecule has 1 aromatic carbocycles. The Morgan fingerprint density at radius 1 is 1.21 bits per heavy atom. The summed E-state index contributed by atoms with van der Waals surface area (Å²) in [6.07, 6.45) is -4.66. The van der Waals surface area contributed by atoms with Gasteiger partial charge in [-0.15, -0.1) is 0 Å². The quantitative estimate of drug-likeness (QED) is 0.819. The van der Waals surface area contributed by atoms with E-state index in [4.69, 9.17) is 0 Å². The van der Waals surface area contributed by atoms with Gasteiger partial charge in [-0.1, -0.05) is 0 Å². The highest BCUT2D eigenvalue weighted by atomic mass is 19.4. The van der Waals surface area contributed by atoms with E-state index in [-0.39, 0.29) is 11.4 Å². The van der Waals surface area contributed by atoms with Crippen molar-refractivity contribution in [2.24, 2.45) is 0 Å². The van der Waals surface area contributed by atoms with Crippen molar-refractivity contribution in [2.75, 3.05) is 23.3 Å². The first-order chi connectivity index (χ1) is 11.0. The number of hydrogen-bond acceptors (Lipinski definition) is 3. The number of anilines is 2. The van der Waals surface area contributed by atoms with Crippen molar-refractivity contribution in [3.05, 3.63) is 23.8 Å². The summed E-state index contributed by atoms with van der Waals surface area (Å²) < 4.78 is 65.7. The number of halogens is 5. The number of nitrogens with zero attached hydrogens (tertiary/aromatic N) is 1. The minimum Gasteiger partial charge on any atom is -0.380 e. The highest BCUT2D eigenvalue weighted by Gasteiger charge is 2.51. The first-order valence-corrected chi connectivity index (χ1v) is 7.34. The molecule has 0 bridgehead atoms. The number of carbonyl (C=O) groups excluding carboxylic acids is 1. The number of amides is 1. The van der Waals surface area contributed by atoms with Gasteiger partial charge in [0, 0.05) is 18.8 Å². The van der Waals surface area contributed by atoms with Crippen molar-refractivity contribution in [2.45, 2.75) is 38.0 Å². The van der Waals surface area contributed by atoms with Crippen LogP contribution in [0.2, 0.25) is 0 Å². The van der Waals surface area contributed by atoms with E-state index in [9.17, 15) is 31.9 Å². The predicted octanol–water partition coefficient (Wildman–Crippen LogP) is 3.21. The zero-order valence-electron chi connectivity index (χ0n) is 12.9. The number of hydrogen-bond donors (Lipinski definition) is 2. The maximum absolute atomic E-state index is 14.1. The van der Waals surface area contributed by atoms with E-state index in [1.807, 2.05) is 5.32 Å². The summed E-state index contributed by atoms with van der Waals surface area (Å²) in [6, 6.07) is 1.69. The van der Waals surface area contributed by atoms with Crippen LogP contribution in [0.25, 0.3) is 0 Å². The van der Waals surface area contributed by atoms with Crippen LogP contribution in [0.3, 0.4) is 0 Å². The van der Waals surface area contributed by atoms with Gasteiger partial charge in [0.15, 0.2) is 17.2 Å². The van der Waals surface area contributed by atoms with E-state index in [0.29, 0.717) is 20.0 Å². The molecule has 0 saturated carbocycles. The van der Waals surface area contributed by atoms with Crippen LogP contribution < -0.4 is 10.2 Å². The Bertz CT molecular complexity index is 602. The summed E-state index contributed by atoms with van der Waals surface area (Å²) in [7, 11) is 0. The second kappa shape index (κ2) is 6.54. The summed E-state index contributed by atoms with van der Waals surface area (Å²) >= 11 is 0. The topological polar surface area (TPSA) is 52.6 Å². The molecule has 1 aromatic rings. The van der Waals surface area contributed by atoms with Crippen LogP contribution in [0.15, 0.2) is 12.1 Å². The summed E-state index contributed by atoms with van der Waals surface area (Å²) in [5.41, 5.74) is -3.76. The molecule has 0 radical (unpaired) electrons. The van der Waals surface area contributed by atoms with Gasteiger partial charge in [-0.3, -0.25) is 4.79 Å².